The molecule has 0 radical (unpaired) electrons. The summed E-state index contributed by atoms with van der Waals surface area (Å²) in [6.07, 6.45) is 3.38. The molecule has 132 valence electrons. The Hall–Kier alpha value is -1.92. The second-order valence-corrected chi connectivity index (χ2v) is 7.98. The van der Waals surface area contributed by atoms with E-state index in [0.717, 1.165) is 44.2 Å². The number of rotatable bonds is 4. The van der Waals surface area contributed by atoms with Gasteiger partial charge in [-0.25, -0.2) is 4.98 Å². The zero-order chi connectivity index (χ0) is 17.2. The van der Waals surface area contributed by atoms with Gasteiger partial charge in [-0.1, -0.05) is 12.1 Å². The average Bonchev–Trinajstić information content (AvgIpc) is 3.17. The van der Waals surface area contributed by atoms with Gasteiger partial charge >= 0.3 is 0 Å². The van der Waals surface area contributed by atoms with Gasteiger partial charge in [0.2, 0.25) is 5.91 Å². The predicted molar refractivity (Wildman–Crippen MR) is 103 cm³/mol. The van der Waals surface area contributed by atoms with Gasteiger partial charge in [-0.2, -0.15) is 0 Å². The molecule has 1 aromatic carbocycles. The molecule has 1 aliphatic heterocycles. The lowest BCUT2D eigenvalue weighted by Crippen LogP contribution is -2.48. The van der Waals surface area contributed by atoms with E-state index in [1.807, 2.05) is 0 Å². The van der Waals surface area contributed by atoms with E-state index in [4.69, 9.17) is 0 Å². The van der Waals surface area contributed by atoms with Crippen LogP contribution in [0.25, 0.3) is 0 Å². The molecule has 4 rings (SSSR count). The van der Waals surface area contributed by atoms with Crippen molar-refractivity contribution < 1.29 is 4.79 Å². The van der Waals surface area contributed by atoms with Crippen LogP contribution in [0.4, 0.5) is 10.8 Å². The molecule has 1 aliphatic carbocycles. The Labute approximate surface area is 152 Å². The van der Waals surface area contributed by atoms with E-state index in [1.165, 1.54) is 28.2 Å². The lowest BCUT2D eigenvalue weighted by Gasteiger charge is -2.35. The molecule has 2 aromatic rings. The number of piperazine rings is 1. The largest absolute Gasteiger partial charge is 0.369 e. The first-order valence-corrected chi connectivity index (χ1v) is 9.81. The normalized spacial score (nSPS) is 17.6. The molecule has 0 saturated carbocycles. The first-order chi connectivity index (χ1) is 12.2. The van der Waals surface area contributed by atoms with Crippen LogP contribution in [0.5, 0.6) is 0 Å². The van der Waals surface area contributed by atoms with E-state index in [9.17, 15) is 4.79 Å². The highest BCUT2D eigenvalue weighted by Gasteiger charge is 2.21. The fourth-order valence-corrected chi connectivity index (χ4v) is 4.66. The molecule has 0 bridgehead atoms. The number of thiazole rings is 1. The monoisotopic (exact) mass is 356 g/mol. The number of hydrogen-bond donors (Lipinski definition) is 1. The van der Waals surface area contributed by atoms with E-state index in [2.05, 4.69) is 51.3 Å². The minimum absolute atomic E-state index is 0.0522. The smallest absolute Gasteiger partial charge is 0.240 e. The van der Waals surface area contributed by atoms with Crippen molar-refractivity contribution >= 4 is 28.1 Å². The number of benzene rings is 1. The standard InChI is InChI=1S/C19H24N4OS/c1-14-4-2-5-15(12-14)23-10-8-22(9-11-23)13-18(24)21-19-20-16-6-3-7-17(16)25-19/h2,4-5,12H,3,6-11,13H2,1H3,(H,20,21,24). The molecule has 5 nitrogen and oxygen atoms in total. The lowest BCUT2D eigenvalue weighted by molar-refractivity contribution is -0.117. The van der Waals surface area contributed by atoms with E-state index < -0.39 is 0 Å². The van der Waals surface area contributed by atoms with E-state index in [-0.39, 0.29) is 5.91 Å². The van der Waals surface area contributed by atoms with Gasteiger partial charge in [0.25, 0.3) is 0 Å². The number of carbonyl (C=O) groups is 1. The van der Waals surface area contributed by atoms with Crippen molar-refractivity contribution in [1.82, 2.24) is 9.88 Å². The van der Waals surface area contributed by atoms with Crippen LogP contribution in [-0.2, 0) is 17.6 Å². The molecule has 1 aromatic heterocycles. The molecule has 1 saturated heterocycles. The lowest BCUT2D eigenvalue weighted by atomic mass is 10.2. The summed E-state index contributed by atoms with van der Waals surface area (Å²) in [5.41, 5.74) is 3.75. The van der Waals surface area contributed by atoms with Crippen molar-refractivity contribution in [3.05, 3.63) is 40.4 Å². The molecule has 0 unspecified atom stereocenters. The maximum absolute atomic E-state index is 12.3. The van der Waals surface area contributed by atoms with E-state index in [1.54, 1.807) is 11.3 Å². The second-order valence-electron chi connectivity index (χ2n) is 6.89. The van der Waals surface area contributed by atoms with Crippen LogP contribution in [0, 0.1) is 6.92 Å². The minimum atomic E-state index is 0.0522. The SMILES string of the molecule is Cc1cccc(N2CCN(CC(=O)Nc3nc4c(s3)CCC4)CC2)c1. The first-order valence-electron chi connectivity index (χ1n) is 9.00. The Bertz CT molecular complexity index is 743. The van der Waals surface area contributed by atoms with Crippen molar-refractivity contribution in [2.24, 2.45) is 0 Å². The molecule has 1 amide bonds. The van der Waals surface area contributed by atoms with Crippen LogP contribution in [0.1, 0.15) is 22.6 Å². The molecule has 1 fully saturated rings. The van der Waals surface area contributed by atoms with Crippen molar-refractivity contribution in [2.75, 3.05) is 42.9 Å². The Balaban J connectivity index is 1.27. The predicted octanol–water partition coefficient (Wildman–Crippen LogP) is 2.70. The highest BCUT2D eigenvalue weighted by Crippen LogP contribution is 2.30. The topological polar surface area (TPSA) is 48.5 Å². The summed E-state index contributed by atoms with van der Waals surface area (Å²) in [7, 11) is 0. The molecule has 1 N–H and O–H groups in total. The molecule has 0 atom stereocenters. The van der Waals surface area contributed by atoms with Gasteiger partial charge in [-0.15, -0.1) is 11.3 Å². The van der Waals surface area contributed by atoms with Gasteiger partial charge in [-0.3, -0.25) is 9.69 Å². The quantitative estimate of drug-likeness (QED) is 0.915. The summed E-state index contributed by atoms with van der Waals surface area (Å²) in [6.45, 7) is 6.32. The van der Waals surface area contributed by atoms with Crippen molar-refractivity contribution in [1.29, 1.82) is 0 Å². The number of carbonyl (C=O) groups excluding carboxylic acids is 1. The number of nitrogens with one attached hydrogen (secondary N) is 1. The Morgan fingerprint density at radius 3 is 2.84 bits per heavy atom. The van der Waals surface area contributed by atoms with Gasteiger partial charge in [-0.05, 0) is 43.9 Å². The molecular weight excluding hydrogens is 332 g/mol. The van der Waals surface area contributed by atoms with Gasteiger partial charge in [0.1, 0.15) is 0 Å². The zero-order valence-corrected chi connectivity index (χ0v) is 15.4. The zero-order valence-electron chi connectivity index (χ0n) is 14.6. The van der Waals surface area contributed by atoms with Crippen LogP contribution in [0.15, 0.2) is 24.3 Å². The number of aromatic nitrogens is 1. The number of anilines is 2. The fraction of sp³-hybridized carbons (Fsp3) is 0.474. The van der Waals surface area contributed by atoms with Crippen LogP contribution in [0.3, 0.4) is 0 Å². The number of nitrogens with zero attached hydrogens (tertiary/aromatic N) is 3. The molecule has 2 heterocycles. The van der Waals surface area contributed by atoms with Crippen molar-refractivity contribution in [3.8, 4) is 0 Å². The second kappa shape index (κ2) is 7.14. The maximum atomic E-state index is 12.3. The fourth-order valence-electron chi connectivity index (χ4n) is 3.59. The molecule has 2 aliphatic rings. The Morgan fingerprint density at radius 1 is 1.24 bits per heavy atom. The third-order valence-corrected chi connectivity index (χ3v) is 6.02. The molecular formula is C19H24N4OS. The highest BCUT2D eigenvalue weighted by atomic mass is 32.1. The summed E-state index contributed by atoms with van der Waals surface area (Å²) in [5.74, 6) is 0.0522. The van der Waals surface area contributed by atoms with E-state index >= 15 is 0 Å². The average molecular weight is 356 g/mol. The number of fused-ring (bicyclic) bond motifs is 1. The third kappa shape index (κ3) is 3.85. The van der Waals surface area contributed by atoms with Crippen molar-refractivity contribution in [3.63, 3.8) is 0 Å². The summed E-state index contributed by atoms with van der Waals surface area (Å²) < 4.78 is 0. The highest BCUT2D eigenvalue weighted by molar-refractivity contribution is 7.15. The third-order valence-electron chi connectivity index (χ3n) is 4.95. The van der Waals surface area contributed by atoms with Gasteiger partial charge in [0, 0.05) is 36.7 Å². The van der Waals surface area contributed by atoms with Gasteiger partial charge in [0.05, 0.1) is 12.2 Å². The number of hydrogen-bond acceptors (Lipinski definition) is 5. The van der Waals surface area contributed by atoms with Crippen LogP contribution >= 0.6 is 11.3 Å². The van der Waals surface area contributed by atoms with E-state index in [0.29, 0.717) is 6.54 Å². The van der Waals surface area contributed by atoms with Crippen LogP contribution < -0.4 is 10.2 Å². The van der Waals surface area contributed by atoms with Crippen molar-refractivity contribution in [2.45, 2.75) is 26.2 Å². The Kier molecular flexibility index (Phi) is 4.72. The summed E-state index contributed by atoms with van der Waals surface area (Å²) in [5, 5.41) is 3.75. The van der Waals surface area contributed by atoms with Crippen LogP contribution in [-0.4, -0.2) is 48.5 Å². The molecule has 25 heavy (non-hydrogen) atoms. The molecule has 0 spiro atoms. The van der Waals surface area contributed by atoms with Gasteiger partial charge in [0.15, 0.2) is 5.13 Å². The Morgan fingerprint density at radius 2 is 2.08 bits per heavy atom. The minimum Gasteiger partial charge on any atom is -0.369 e. The summed E-state index contributed by atoms with van der Waals surface area (Å²) >= 11 is 1.64. The summed E-state index contributed by atoms with van der Waals surface area (Å²) in [4.78, 5) is 22.8. The number of amides is 1. The van der Waals surface area contributed by atoms with Crippen LogP contribution in [0.2, 0.25) is 0 Å². The summed E-state index contributed by atoms with van der Waals surface area (Å²) in [6, 6.07) is 8.62. The van der Waals surface area contributed by atoms with Gasteiger partial charge < -0.3 is 10.2 Å². The number of aryl methyl sites for hydroxylation is 3. The molecule has 6 heteroatoms. The maximum Gasteiger partial charge on any atom is 0.240 e. The first kappa shape index (κ1) is 16.5.